The second kappa shape index (κ2) is 4.61. The molecule has 1 N–H and O–H groups in total. The van der Waals surface area contributed by atoms with E-state index < -0.39 is 0 Å². The molecule has 2 aromatic heterocycles. The Morgan fingerprint density at radius 3 is 2.67 bits per heavy atom. The lowest BCUT2D eigenvalue weighted by Gasteiger charge is -2.14. The summed E-state index contributed by atoms with van der Waals surface area (Å²) in [5.41, 5.74) is -0.0194. The zero-order chi connectivity index (χ0) is 13.4. The lowest BCUT2D eigenvalue weighted by atomic mass is 10.2. The van der Waals surface area contributed by atoms with E-state index in [2.05, 4.69) is 9.97 Å². The van der Waals surface area contributed by atoms with Crippen LogP contribution in [0.25, 0.3) is 11.2 Å². The van der Waals surface area contributed by atoms with Crippen molar-refractivity contribution >= 4 is 22.8 Å². The van der Waals surface area contributed by atoms with E-state index in [9.17, 15) is 9.59 Å². The molecule has 0 fully saturated rings. The minimum Gasteiger partial charge on any atom is -0.335 e. The number of aromatic nitrogens is 4. The van der Waals surface area contributed by atoms with Gasteiger partial charge >= 0.3 is 5.69 Å². The van der Waals surface area contributed by atoms with Crippen molar-refractivity contribution in [2.24, 2.45) is 7.05 Å². The van der Waals surface area contributed by atoms with E-state index in [0.29, 0.717) is 17.0 Å². The van der Waals surface area contributed by atoms with Crippen LogP contribution in [0.5, 0.6) is 0 Å². The molecular weight excluding hydrogens is 256 g/mol. The smallest absolute Gasteiger partial charge is 0.332 e. The van der Waals surface area contributed by atoms with Crippen LogP contribution in [0.4, 0.5) is 0 Å². The maximum absolute atomic E-state index is 12.1. The van der Waals surface area contributed by atoms with Crippen LogP contribution in [-0.2, 0) is 12.9 Å². The van der Waals surface area contributed by atoms with E-state index >= 15 is 0 Å². The number of alkyl halides is 1. The van der Waals surface area contributed by atoms with Gasteiger partial charge in [-0.05, 0) is 13.3 Å². The lowest BCUT2D eigenvalue weighted by molar-refractivity contribution is 0.500. The molecule has 0 saturated heterocycles. The van der Waals surface area contributed by atoms with Crippen LogP contribution in [0.3, 0.4) is 0 Å². The maximum atomic E-state index is 12.1. The Morgan fingerprint density at radius 1 is 1.44 bits per heavy atom. The molecule has 0 aromatic carbocycles. The number of halogens is 1. The van der Waals surface area contributed by atoms with Gasteiger partial charge in [0.25, 0.3) is 5.56 Å². The standard InChI is InChI=1S/C11H15ClN4O2/c1-4-6(2)16-9-8(13-7(5-12)14-9)10(17)15(3)11(16)18/h6H,4-5H2,1-3H3,(H,13,14). The van der Waals surface area contributed by atoms with E-state index in [4.69, 9.17) is 11.6 Å². The van der Waals surface area contributed by atoms with E-state index in [1.807, 2.05) is 13.8 Å². The average Bonchev–Trinajstić information content (AvgIpc) is 2.80. The van der Waals surface area contributed by atoms with Gasteiger partial charge in [0, 0.05) is 13.1 Å². The molecule has 0 aliphatic heterocycles. The Hall–Kier alpha value is -1.56. The third-order valence-electron chi connectivity index (χ3n) is 3.13. The largest absolute Gasteiger partial charge is 0.335 e. The molecule has 6 nitrogen and oxygen atoms in total. The lowest BCUT2D eigenvalue weighted by Crippen LogP contribution is -2.39. The van der Waals surface area contributed by atoms with Crippen molar-refractivity contribution in [3.63, 3.8) is 0 Å². The van der Waals surface area contributed by atoms with Crippen LogP contribution in [0.2, 0.25) is 0 Å². The van der Waals surface area contributed by atoms with Gasteiger partial charge in [-0.3, -0.25) is 13.9 Å². The minimum atomic E-state index is -0.376. The molecule has 2 aromatic rings. The van der Waals surface area contributed by atoms with E-state index in [1.54, 1.807) is 0 Å². The van der Waals surface area contributed by atoms with E-state index in [0.717, 1.165) is 11.0 Å². The van der Waals surface area contributed by atoms with Crippen LogP contribution in [0.1, 0.15) is 32.1 Å². The fraction of sp³-hybridized carbons (Fsp3) is 0.545. The molecule has 0 amide bonds. The van der Waals surface area contributed by atoms with Gasteiger partial charge in [-0.1, -0.05) is 6.92 Å². The normalized spacial score (nSPS) is 13.1. The van der Waals surface area contributed by atoms with Crippen molar-refractivity contribution in [2.75, 3.05) is 0 Å². The Morgan fingerprint density at radius 2 is 2.11 bits per heavy atom. The van der Waals surface area contributed by atoms with Crippen molar-refractivity contribution in [1.29, 1.82) is 0 Å². The topological polar surface area (TPSA) is 72.7 Å². The Labute approximate surface area is 108 Å². The van der Waals surface area contributed by atoms with Gasteiger partial charge in [-0.15, -0.1) is 11.6 Å². The predicted octanol–water partition coefficient (Wildman–Crippen LogP) is 1.13. The number of hydrogen-bond acceptors (Lipinski definition) is 3. The van der Waals surface area contributed by atoms with Crippen LogP contribution in [-0.4, -0.2) is 19.1 Å². The summed E-state index contributed by atoms with van der Waals surface area (Å²) in [5, 5.41) is 0. The Bertz CT molecular complexity index is 697. The molecule has 18 heavy (non-hydrogen) atoms. The molecule has 1 unspecified atom stereocenters. The molecule has 98 valence electrons. The molecule has 0 saturated carbocycles. The molecule has 0 aliphatic rings. The SMILES string of the molecule is CCC(C)n1c(=O)n(C)c(=O)c2[nH]c(CCl)nc21. The van der Waals surface area contributed by atoms with Crippen LogP contribution >= 0.6 is 11.6 Å². The van der Waals surface area contributed by atoms with Gasteiger partial charge in [-0.2, -0.15) is 0 Å². The molecule has 2 heterocycles. The molecule has 0 spiro atoms. The number of aromatic amines is 1. The summed E-state index contributed by atoms with van der Waals surface area (Å²) in [4.78, 5) is 31.2. The highest BCUT2D eigenvalue weighted by molar-refractivity contribution is 6.16. The van der Waals surface area contributed by atoms with Crippen molar-refractivity contribution in [3.8, 4) is 0 Å². The number of imidazole rings is 1. The fourth-order valence-electron chi connectivity index (χ4n) is 1.89. The number of H-pyrrole nitrogens is 1. The highest BCUT2D eigenvalue weighted by atomic mass is 35.5. The second-order valence-corrected chi connectivity index (χ2v) is 4.56. The van der Waals surface area contributed by atoms with E-state index in [-0.39, 0.29) is 23.2 Å². The summed E-state index contributed by atoms with van der Waals surface area (Å²) < 4.78 is 2.62. The van der Waals surface area contributed by atoms with Crippen LogP contribution < -0.4 is 11.2 Å². The Balaban J connectivity index is 2.95. The molecular formula is C11H15ClN4O2. The fourth-order valence-corrected chi connectivity index (χ4v) is 2.01. The predicted molar refractivity (Wildman–Crippen MR) is 70.2 cm³/mol. The second-order valence-electron chi connectivity index (χ2n) is 4.29. The quantitative estimate of drug-likeness (QED) is 0.850. The summed E-state index contributed by atoms with van der Waals surface area (Å²) in [7, 11) is 1.46. The first kappa shape index (κ1) is 12.9. The summed E-state index contributed by atoms with van der Waals surface area (Å²) >= 11 is 5.71. The highest BCUT2D eigenvalue weighted by Crippen LogP contribution is 2.14. The van der Waals surface area contributed by atoms with Gasteiger partial charge in [0.2, 0.25) is 0 Å². The van der Waals surface area contributed by atoms with Crippen molar-refractivity contribution < 1.29 is 0 Å². The molecule has 0 bridgehead atoms. The minimum absolute atomic E-state index is 0.0294. The molecule has 7 heteroatoms. The first-order valence-corrected chi connectivity index (χ1v) is 6.30. The summed E-state index contributed by atoms with van der Waals surface area (Å²) in [6, 6.07) is -0.0294. The molecule has 2 rings (SSSR count). The van der Waals surface area contributed by atoms with Gasteiger partial charge in [0.1, 0.15) is 11.3 Å². The molecule has 0 aliphatic carbocycles. The van der Waals surface area contributed by atoms with Gasteiger partial charge in [0.05, 0.1) is 5.88 Å². The number of nitrogens with one attached hydrogen (secondary N) is 1. The van der Waals surface area contributed by atoms with Crippen molar-refractivity contribution in [3.05, 3.63) is 26.7 Å². The zero-order valence-corrected chi connectivity index (χ0v) is 11.3. The van der Waals surface area contributed by atoms with Gasteiger partial charge in [0.15, 0.2) is 5.65 Å². The summed E-state index contributed by atoms with van der Waals surface area (Å²) in [6.07, 6.45) is 0.774. The third kappa shape index (κ3) is 1.77. The summed E-state index contributed by atoms with van der Waals surface area (Å²) in [6.45, 7) is 3.89. The monoisotopic (exact) mass is 270 g/mol. The Kier molecular flexibility index (Phi) is 3.30. The van der Waals surface area contributed by atoms with Crippen LogP contribution in [0, 0.1) is 0 Å². The van der Waals surface area contributed by atoms with E-state index in [1.165, 1.54) is 11.6 Å². The highest BCUT2D eigenvalue weighted by Gasteiger charge is 2.17. The maximum Gasteiger partial charge on any atom is 0.332 e. The number of rotatable bonds is 3. The van der Waals surface area contributed by atoms with Crippen LogP contribution in [0.15, 0.2) is 9.59 Å². The number of nitrogens with zero attached hydrogens (tertiary/aromatic N) is 3. The third-order valence-corrected chi connectivity index (χ3v) is 3.38. The van der Waals surface area contributed by atoms with Crippen molar-refractivity contribution in [1.82, 2.24) is 19.1 Å². The average molecular weight is 271 g/mol. The van der Waals surface area contributed by atoms with Gasteiger partial charge < -0.3 is 4.98 Å². The molecule has 1 atom stereocenters. The zero-order valence-electron chi connectivity index (χ0n) is 10.5. The number of hydrogen-bond donors (Lipinski definition) is 1. The number of fused-ring (bicyclic) bond motifs is 1. The first-order chi connectivity index (χ1) is 8.51. The molecule has 0 radical (unpaired) electrons. The van der Waals surface area contributed by atoms with Crippen molar-refractivity contribution in [2.45, 2.75) is 32.2 Å². The summed E-state index contributed by atoms with van der Waals surface area (Å²) in [5.74, 6) is 0.665. The van der Waals surface area contributed by atoms with Gasteiger partial charge in [-0.25, -0.2) is 9.78 Å². The first-order valence-electron chi connectivity index (χ1n) is 5.77.